The third kappa shape index (κ3) is 2.38. The molecule has 0 amide bonds. The number of hydrogen-bond donors (Lipinski definition) is 1. The van der Waals surface area contributed by atoms with Gasteiger partial charge in [-0.15, -0.1) is 0 Å². The zero-order chi connectivity index (χ0) is 14.1. The van der Waals surface area contributed by atoms with Crippen molar-refractivity contribution in [1.29, 1.82) is 0 Å². The van der Waals surface area contributed by atoms with Crippen molar-refractivity contribution in [2.45, 2.75) is 45.8 Å². The lowest BCUT2D eigenvalue weighted by molar-refractivity contribution is -0.0287. The van der Waals surface area contributed by atoms with Crippen molar-refractivity contribution in [3.63, 3.8) is 0 Å². The van der Waals surface area contributed by atoms with Gasteiger partial charge in [-0.3, -0.25) is 0 Å². The van der Waals surface area contributed by atoms with Gasteiger partial charge in [-0.2, -0.15) is 0 Å². The van der Waals surface area contributed by atoms with E-state index in [1.165, 1.54) is 0 Å². The smallest absolute Gasteiger partial charge is 0.143 e. The molecule has 1 fully saturated rings. The van der Waals surface area contributed by atoms with Crippen LogP contribution in [0.25, 0.3) is 11.0 Å². The van der Waals surface area contributed by atoms with Crippen molar-refractivity contribution in [1.82, 2.24) is 15.0 Å². The lowest BCUT2D eigenvalue weighted by atomic mass is 10.1. The van der Waals surface area contributed by atoms with Crippen molar-refractivity contribution in [2.75, 3.05) is 18.0 Å². The van der Waals surface area contributed by atoms with Crippen LogP contribution in [0.1, 0.15) is 32.5 Å². The Kier molecular flexibility index (Phi) is 3.61. The lowest BCUT2D eigenvalue weighted by Gasteiger charge is -2.38. The van der Waals surface area contributed by atoms with Gasteiger partial charge in [0, 0.05) is 19.3 Å². The van der Waals surface area contributed by atoms with Crippen LogP contribution in [0.2, 0.25) is 0 Å². The number of hydrogen-bond acceptors (Lipinski definition) is 4. The van der Waals surface area contributed by atoms with Gasteiger partial charge < -0.3 is 14.6 Å². The summed E-state index contributed by atoms with van der Waals surface area (Å²) in [5.74, 6) is 1.84. The van der Waals surface area contributed by atoms with Crippen LogP contribution in [-0.2, 0) is 4.74 Å². The molecule has 5 nitrogen and oxygen atoms in total. The second-order valence-electron chi connectivity index (χ2n) is 5.44. The van der Waals surface area contributed by atoms with E-state index in [1.54, 1.807) is 0 Å². The molecule has 0 aromatic carbocycles. The van der Waals surface area contributed by atoms with E-state index < -0.39 is 0 Å². The van der Waals surface area contributed by atoms with Crippen molar-refractivity contribution >= 4 is 16.9 Å². The summed E-state index contributed by atoms with van der Waals surface area (Å²) in [6.45, 7) is 8.11. The lowest BCUT2D eigenvalue weighted by Crippen LogP contribution is -2.47. The maximum absolute atomic E-state index is 6.07. The highest BCUT2D eigenvalue weighted by atomic mass is 16.5. The van der Waals surface area contributed by atoms with Gasteiger partial charge in [0.15, 0.2) is 0 Å². The minimum atomic E-state index is 0.290. The minimum Gasteiger partial charge on any atom is -0.371 e. The summed E-state index contributed by atoms with van der Waals surface area (Å²) in [6, 6.07) is 2.06. The van der Waals surface area contributed by atoms with Crippen LogP contribution in [0.4, 0.5) is 5.82 Å². The third-order valence-corrected chi connectivity index (χ3v) is 3.95. The van der Waals surface area contributed by atoms with E-state index in [-0.39, 0.29) is 12.2 Å². The van der Waals surface area contributed by atoms with Gasteiger partial charge in [-0.25, -0.2) is 9.97 Å². The molecule has 2 aromatic heterocycles. The van der Waals surface area contributed by atoms with Crippen LogP contribution in [0.3, 0.4) is 0 Å². The molecule has 0 saturated carbocycles. The number of ether oxygens (including phenoxy) is 1. The molecule has 3 heterocycles. The molecule has 2 unspecified atom stereocenters. The number of fused-ring (bicyclic) bond motifs is 1. The molecule has 0 spiro atoms. The first-order valence-corrected chi connectivity index (χ1v) is 7.43. The third-order valence-electron chi connectivity index (χ3n) is 3.95. The summed E-state index contributed by atoms with van der Waals surface area (Å²) < 4.78 is 6.07. The van der Waals surface area contributed by atoms with Gasteiger partial charge in [-0.05, 0) is 25.8 Å². The van der Waals surface area contributed by atoms with Crippen LogP contribution < -0.4 is 4.90 Å². The zero-order valence-corrected chi connectivity index (χ0v) is 12.4. The Morgan fingerprint density at radius 3 is 2.60 bits per heavy atom. The molecule has 0 aliphatic carbocycles. The van der Waals surface area contributed by atoms with E-state index >= 15 is 0 Å². The van der Waals surface area contributed by atoms with Crippen LogP contribution in [0.5, 0.6) is 0 Å². The molecule has 3 rings (SSSR count). The summed E-state index contributed by atoms with van der Waals surface area (Å²) in [5.41, 5.74) is 0.917. The van der Waals surface area contributed by atoms with Crippen molar-refractivity contribution in [3.8, 4) is 0 Å². The van der Waals surface area contributed by atoms with E-state index in [1.807, 2.05) is 13.1 Å². The monoisotopic (exact) mass is 274 g/mol. The molecule has 1 aliphatic heterocycles. The number of rotatable bonds is 3. The normalized spacial score (nSPS) is 23.4. The average molecular weight is 274 g/mol. The first kappa shape index (κ1) is 13.4. The number of anilines is 1. The second kappa shape index (κ2) is 5.40. The SMILES string of the molecule is CCC1CN(c2nc(C)nc3[nH]ccc23)CC(CC)O1. The van der Waals surface area contributed by atoms with Gasteiger partial charge in [0.1, 0.15) is 17.3 Å². The maximum atomic E-state index is 6.07. The van der Waals surface area contributed by atoms with E-state index in [0.717, 1.165) is 48.6 Å². The highest BCUT2D eigenvalue weighted by Crippen LogP contribution is 2.27. The maximum Gasteiger partial charge on any atom is 0.143 e. The molecule has 0 bridgehead atoms. The highest BCUT2D eigenvalue weighted by molar-refractivity contribution is 5.87. The Morgan fingerprint density at radius 1 is 1.25 bits per heavy atom. The first-order valence-electron chi connectivity index (χ1n) is 7.43. The fraction of sp³-hybridized carbons (Fsp3) is 0.600. The fourth-order valence-electron chi connectivity index (χ4n) is 2.82. The molecular formula is C15H22N4O. The second-order valence-corrected chi connectivity index (χ2v) is 5.44. The predicted octanol–water partition coefficient (Wildman–Crippen LogP) is 2.66. The molecular weight excluding hydrogens is 252 g/mol. The summed E-state index contributed by atoms with van der Waals surface area (Å²) >= 11 is 0. The van der Waals surface area contributed by atoms with Crippen molar-refractivity contribution in [3.05, 3.63) is 18.1 Å². The first-order chi connectivity index (χ1) is 9.71. The standard InChI is InChI=1S/C15H22N4O/c1-4-11-8-19(9-12(5-2)20-11)15-13-6-7-16-14(13)17-10(3)18-15/h6-7,11-12H,4-5,8-9H2,1-3H3,(H,16,17,18). The Bertz CT molecular complexity index is 583. The number of morpholine rings is 1. The van der Waals surface area contributed by atoms with Crippen molar-refractivity contribution < 1.29 is 4.74 Å². The molecule has 0 radical (unpaired) electrons. The molecule has 1 saturated heterocycles. The molecule has 2 aromatic rings. The number of nitrogens with zero attached hydrogens (tertiary/aromatic N) is 3. The molecule has 5 heteroatoms. The van der Waals surface area contributed by atoms with Gasteiger partial charge in [-0.1, -0.05) is 13.8 Å². The van der Waals surface area contributed by atoms with Gasteiger partial charge >= 0.3 is 0 Å². The Balaban J connectivity index is 1.98. The van der Waals surface area contributed by atoms with Gasteiger partial charge in [0.2, 0.25) is 0 Å². The van der Waals surface area contributed by atoms with Gasteiger partial charge in [0.05, 0.1) is 17.6 Å². The van der Waals surface area contributed by atoms with E-state index in [4.69, 9.17) is 4.74 Å². The Hall–Kier alpha value is -1.62. The summed E-state index contributed by atoms with van der Waals surface area (Å²) in [6.07, 6.45) is 4.58. The highest BCUT2D eigenvalue weighted by Gasteiger charge is 2.28. The average Bonchev–Trinajstić information content (AvgIpc) is 2.93. The van der Waals surface area contributed by atoms with Crippen LogP contribution in [0, 0.1) is 6.92 Å². The summed E-state index contributed by atoms with van der Waals surface area (Å²) in [4.78, 5) is 14.7. The minimum absolute atomic E-state index is 0.290. The zero-order valence-electron chi connectivity index (χ0n) is 12.4. The van der Waals surface area contributed by atoms with Crippen molar-refractivity contribution in [2.24, 2.45) is 0 Å². The Labute approximate surface area is 119 Å². The molecule has 1 aliphatic rings. The summed E-state index contributed by atoms with van der Waals surface area (Å²) in [5, 5.41) is 1.10. The number of H-pyrrole nitrogens is 1. The number of aryl methyl sites for hydroxylation is 1. The summed E-state index contributed by atoms with van der Waals surface area (Å²) in [7, 11) is 0. The van der Waals surface area contributed by atoms with Gasteiger partial charge in [0.25, 0.3) is 0 Å². The fourth-order valence-corrected chi connectivity index (χ4v) is 2.82. The van der Waals surface area contributed by atoms with Crippen LogP contribution in [-0.4, -0.2) is 40.2 Å². The predicted molar refractivity (Wildman–Crippen MR) is 80.1 cm³/mol. The topological polar surface area (TPSA) is 54.0 Å². The number of aromatic nitrogens is 3. The van der Waals surface area contributed by atoms with E-state index in [9.17, 15) is 0 Å². The number of nitrogens with one attached hydrogen (secondary N) is 1. The van der Waals surface area contributed by atoms with Crippen LogP contribution in [0.15, 0.2) is 12.3 Å². The van der Waals surface area contributed by atoms with E-state index in [0.29, 0.717) is 0 Å². The molecule has 108 valence electrons. The van der Waals surface area contributed by atoms with Crippen LogP contribution >= 0.6 is 0 Å². The number of aromatic amines is 1. The van der Waals surface area contributed by atoms with E-state index in [2.05, 4.69) is 39.8 Å². The molecule has 20 heavy (non-hydrogen) atoms. The Morgan fingerprint density at radius 2 is 1.95 bits per heavy atom. The largest absolute Gasteiger partial charge is 0.371 e. The molecule has 2 atom stereocenters. The molecule has 1 N–H and O–H groups in total. The quantitative estimate of drug-likeness (QED) is 0.935.